The van der Waals surface area contributed by atoms with Crippen molar-refractivity contribution in [3.05, 3.63) is 35.4 Å². The van der Waals surface area contributed by atoms with Gasteiger partial charge in [0.25, 0.3) is 0 Å². The number of nitrogens with zero attached hydrogens (tertiary/aromatic N) is 3. The summed E-state index contributed by atoms with van der Waals surface area (Å²) < 4.78 is 0. The van der Waals surface area contributed by atoms with Gasteiger partial charge in [0.2, 0.25) is 5.91 Å². The molecule has 0 aromatic heterocycles. The quantitative estimate of drug-likeness (QED) is 0.857. The highest BCUT2D eigenvalue weighted by atomic mass is 16.2. The standard InChI is InChI=1S/C20H27N3O/c21-15-17-6-5-7-18(14-17)16-22-12-8-19(9-13-22)20(24)23-10-3-1-2-4-11-23/h5-7,14,19H,1-4,8-13,16H2. The van der Waals surface area contributed by atoms with Crippen LogP contribution in [0.1, 0.15) is 49.7 Å². The maximum absolute atomic E-state index is 12.7. The first kappa shape index (κ1) is 17.0. The van der Waals surface area contributed by atoms with Crippen molar-refractivity contribution >= 4 is 5.91 Å². The van der Waals surface area contributed by atoms with E-state index in [2.05, 4.69) is 21.9 Å². The maximum Gasteiger partial charge on any atom is 0.225 e. The number of amides is 1. The number of benzene rings is 1. The van der Waals surface area contributed by atoms with Crippen molar-refractivity contribution in [2.45, 2.75) is 45.1 Å². The zero-order chi connectivity index (χ0) is 16.8. The van der Waals surface area contributed by atoms with Gasteiger partial charge in [0.15, 0.2) is 0 Å². The summed E-state index contributed by atoms with van der Waals surface area (Å²) in [6, 6.07) is 10.0. The van der Waals surface area contributed by atoms with Crippen LogP contribution < -0.4 is 0 Å². The maximum atomic E-state index is 12.7. The van der Waals surface area contributed by atoms with Crippen LogP contribution in [0.4, 0.5) is 0 Å². The first-order chi connectivity index (χ1) is 11.8. The van der Waals surface area contributed by atoms with Crippen LogP contribution in [0.25, 0.3) is 0 Å². The SMILES string of the molecule is N#Cc1cccc(CN2CCC(C(=O)N3CCCCCC3)CC2)c1. The highest BCUT2D eigenvalue weighted by Gasteiger charge is 2.28. The molecule has 1 amide bonds. The summed E-state index contributed by atoms with van der Waals surface area (Å²) in [6.07, 6.45) is 6.80. The molecule has 0 spiro atoms. The van der Waals surface area contributed by atoms with Crippen LogP contribution in [0, 0.1) is 17.2 Å². The van der Waals surface area contributed by atoms with Crippen molar-refractivity contribution in [3.8, 4) is 6.07 Å². The van der Waals surface area contributed by atoms with Crippen LogP contribution >= 0.6 is 0 Å². The van der Waals surface area contributed by atoms with Crippen molar-refractivity contribution in [2.24, 2.45) is 5.92 Å². The topological polar surface area (TPSA) is 47.3 Å². The Morgan fingerprint density at radius 3 is 2.46 bits per heavy atom. The zero-order valence-corrected chi connectivity index (χ0v) is 14.4. The smallest absolute Gasteiger partial charge is 0.225 e. The van der Waals surface area contributed by atoms with E-state index in [4.69, 9.17) is 5.26 Å². The minimum atomic E-state index is 0.213. The number of carbonyl (C=O) groups excluding carboxylic acids is 1. The Bertz CT molecular complexity index is 591. The monoisotopic (exact) mass is 325 g/mol. The molecule has 4 heteroatoms. The predicted octanol–water partition coefficient (Wildman–Crippen LogP) is 3.17. The Hall–Kier alpha value is -1.86. The van der Waals surface area contributed by atoms with Gasteiger partial charge in [-0.25, -0.2) is 0 Å². The fourth-order valence-corrected chi connectivity index (χ4v) is 3.88. The van der Waals surface area contributed by atoms with E-state index < -0.39 is 0 Å². The molecule has 2 heterocycles. The second-order valence-corrected chi connectivity index (χ2v) is 7.10. The Morgan fingerprint density at radius 2 is 1.79 bits per heavy atom. The predicted molar refractivity (Wildman–Crippen MR) is 94.2 cm³/mol. The van der Waals surface area contributed by atoms with Gasteiger partial charge in [-0.15, -0.1) is 0 Å². The molecule has 24 heavy (non-hydrogen) atoms. The lowest BCUT2D eigenvalue weighted by Crippen LogP contribution is -2.42. The molecule has 0 radical (unpaired) electrons. The Kier molecular flexibility index (Phi) is 5.87. The van der Waals surface area contributed by atoms with E-state index in [1.807, 2.05) is 18.2 Å². The molecule has 0 saturated carbocycles. The van der Waals surface area contributed by atoms with Gasteiger partial charge in [0, 0.05) is 25.6 Å². The summed E-state index contributed by atoms with van der Waals surface area (Å²) in [5.74, 6) is 0.604. The van der Waals surface area contributed by atoms with E-state index in [9.17, 15) is 4.79 Å². The second kappa shape index (κ2) is 8.30. The van der Waals surface area contributed by atoms with Gasteiger partial charge in [-0.1, -0.05) is 25.0 Å². The highest BCUT2D eigenvalue weighted by Crippen LogP contribution is 2.23. The Morgan fingerprint density at radius 1 is 1.08 bits per heavy atom. The molecule has 128 valence electrons. The molecule has 0 unspecified atom stereocenters. The van der Waals surface area contributed by atoms with Gasteiger partial charge in [-0.3, -0.25) is 9.69 Å². The summed E-state index contributed by atoms with van der Waals surface area (Å²) in [5, 5.41) is 9.00. The molecule has 1 aromatic carbocycles. The largest absolute Gasteiger partial charge is 0.342 e. The average molecular weight is 325 g/mol. The highest BCUT2D eigenvalue weighted by molar-refractivity contribution is 5.79. The lowest BCUT2D eigenvalue weighted by atomic mass is 9.94. The van der Waals surface area contributed by atoms with Crippen molar-refractivity contribution < 1.29 is 4.79 Å². The van der Waals surface area contributed by atoms with Crippen LogP contribution in [0.3, 0.4) is 0 Å². The molecule has 2 aliphatic rings. The third-order valence-corrected chi connectivity index (χ3v) is 5.32. The molecule has 0 N–H and O–H groups in total. The molecular formula is C20H27N3O. The molecule has 0 atom stereocenters. The van der Waals surface area contributed by atoms with Gasteiger partial charge >= 0.3 is 0 Å². The fourth-order valence-electron chi connectivity index (χ4n) is 3.88. The van der Waals surface area contributed by atoms with E-state index in [0.29, 0.717) is 5.91 Å². The molecule has 2 saturated heterocycles. The van der Waals surface area contributed by atoms with Crippen molar-refractivity contribution in [1.29, 1.82) is 5.26 Å². The van der Waals surface area contributed by atoms with Gasteiger partial charge in [-0.2, -0.15) is 5.26 Å². The van der Waals surface area contributed by atoms with Gasteiger partial charge in [-0.05, 0) is 56.5 Å². The third kappa shape index (κ3) is 4.36. The van der Waals surface area contributed by atoms with E-state index in [1.165, 1.54) is 31.2 Å². The number of likely N-dealkylation sites (tertiary alicyclic amines) is 2. The van der Waals surface area contributed by atoms with Gasteiger partial charge in [0.1, 0.15) is 0 Å². The fraction of sp³-hybridized carbons (Fsp3) is 0.600. The van der Waals surface area contributed by atoms with Gasteiger partial charge < -0.3 is 4.90 Å². The van der Waals surface area contributed by atoms with Crippen LogP contribution in [-0.4, -0.2) is 41.9 Å². The second-order valence-electron chi connectivity index (χ2n) is 7.10. The van der Waals surface area contributed by atoms with Crippen LogP contribution in [0.15, 0.2) is 24.3 Å². The minimum absolute atomic E-state index is 0.213. The first-order valence-electron chi connectivity index (χ1n) is 9.26. The lowest BCUT2D eigenvalue weighted by molar-refractivity contribution is -0.137. The van der Waals surface area contributed by atoms with E-state index >= 15 is 0 Å². The minimum Gasteiger partial charge on any atom is -0.342 e. The first-order valence-corrected chi connectivity index (χ1v) is 9.26. The number of hydrogen-bond acceptors (Lipinski definition) is 3. The molecule has 3 rings (SSSR count). The number of rotatable bonds is 3. The third-order valence-electron chi connectivity index (χ3n) is 5.32. The van der Waals surface area contributed by atoms with E-state index in [1.54, 1.807) is 0 Å². The molecule has 0 aliphatic carbocycles. The lowest BCUT2D eigenvalue weighted by Gasteiger charge is -2.34. The number of nitriles is 1. The number of hydrogen-bond donors (Lipinski definition) is 0. The normalized spacial score (nSPS) is 20.4. The summed E-state index contributed by atoms with van der Waals surface area (Å²) >= 11 is 0. The van der Waals surface area contributed by atoms with E-state index in [0.717, 1.165) is 51.1 Å². The van der Waals surface area contributed by atoms with Crippen molar-refractivity contribution in [2.75, 3.05) is 26.2 Å². The summed E-state index contributed by atoms with van der Waals surface area (Å²) in [4.78, 5) is 17.2. The molecule has 1 aromatic rings. The Balaban J connectivity index is 1.50. The van der Waals surface area contributed by atoms with Crippen molar-refractivity contribution in [3.63, 3.8) is 0 Å². The zero-order valence-electron chi connectivity index (χ0n) is 14.4. The average Bonchev–Trinajstić information content (AvgIpc) is 2.91. The van der Waals surface area contributed by atoms with Crippen LogP contribution in [0.5, 0.6) is 0 Å². The number of piperidine rings is 1. The summed E-state index contributed by atoms with van der Waals surface area (Å²) in [6.45, 7) is 4.74. The van der Waals surface area contributed by atoms with Crippen LogP contribution in [0.2, 0.25) is 0 Å². The summed E-state index contributed by atoms with van der Waals surface area (Å²) in [7, 11) is 0. The molecular weight excluding hydrogens is 298 g/mol. The molecule has 4 nitrogen and oxygen atoms in total. The molecule has 2 aliphatic heterocycles. The summed E-state index contributed by atoms with van der Waals surface area (Å²) in [5.41, 5.74) is 1.91. The Labute approximate surface area is 145 Å². The number of carbonyl (C=O) groups is 1. The van der Waals surface area contributed by atoms with Crippen molar-refractivity contribution in [1.82, 2.24) is 9.80 Å². The molecule has 2 fully saturated rings. The molecule has 0 bridgehead atoms. The van der Waals surface area contributed by atoms with Crippen LogP contribution in [-0.2, 0) is 11.3 Å². The van der Waals surface area contributed by atoms with Gasteiger partial charge in [0.05, 0.1) is 11.6 Å². The van der Waals surface area contributed by atoms with E-state index in [-0.39, 0.29) is 5.92 Å².